The molecule has 0 aromatic rings. The van der Waals surface area contributed by atoms with Gasteiger partial charge in [0.2, 0.25) is 0 Å². The Balaban J connectivity index is 1.93. The highest BCUT2D eigenvalue weighted by Gasteiger charge is 2.39. The van der Waals surface area contributed by atoms with E-state index in [0.717, 1.165) is 25.9 Å². The molecule has 3 unspecified atom stereocenters. The third-order valence-electron chi connectivity index (χ3n) is 4.39. The van der Waals surface area contributed by atoms with E-state index in [2.05, 4.69) is 0 Å². The molecule has 2 aliphatic rings. The van der Waals surface area contributed by atoms with Crippen molar-refractivity contribution in [3.8, 4) is 0 Å². The monoisotopic (exact) mass is 284 g/mol. The molecular weight excluding hydrogens is 260 g/mol. The molecule has 114 valence electrons. The summed E-state index contributed by atoms with van der Waals surface area (Å²) < 4.78 is 5.17. The molecule has 0 radical (unpaired) electrons. The lowest BCUT2D eigenvalue weighted by atomic mass is 9.99. The Bertz CT molecular complexity index is 372. The van der Waals surface area contributed by atoms with E-state index in [1.807, 2.05) is 11.8 Å². The summed E-state index contributed by atoms with van der Waals surface area (Å²) in [7, 11) is 1.68. The van der Waals surface area contributed by atoms with Gasteiger partial charge in [-0.1, -0.05) is 6.92 Å². The van der Waals surface area contributed by atoms with Crippen LogP contribution in [-0.4, -0.2) is 66.8 Å². The Morgan fingerprint density at radius 1 is 1.25 bits per heavy atom. The van der Waals surface area contributed by atoms with E-state index < -0.39 is 11.9 Å². The molecule has 6 nitrogen and oxygen atoms in total. The van der Waals surface area contributed by atoms with Gasteiger partial charge in [0.05, 0.1) is 12.5 Å². The lowest BCUT2D eigenvalue weighted by Gasteiger charge is -2.35. The molecule has 2 aliphatic heterocycles. The first-order valence-electron chi connectivity index (χ1n) is 7.28. The van der Waals surface area contributed by atoms with Gasteiger partial charge in [0, 0.05) is 39.2 Å². The molecule has 0 spiro atoms. The van der Waals surface area contributed by atoms with E-state index in [-0.39, 0.29) is 11.9 Å². The Labute approximate surface area is 119 Å². The number of carboxylic acid groups (broad SMARTS) is 1. The molecule has 1 N–H and O–H groups in total. The molecule has 0 aliphatic carbocycles. The highest BCUT2D eigenvalue weighted by Crippen LogP contribution is 2.26. The normalized spacial score (nSPS) is 30.6. The van der Waals surface area contributed by atoms with Crippen LogP contribution in [0.3, 0.4) is 0 Å². The fourth-order valence-electron chi connectivity index (χ4n) is 3.25. The standard InChI is InChI=1S/C14H24N2O4/c1-10-6-16(8-12(10)13(17)18)14(19)15-5-3-4-11(7-15)9-20-2/h10-12H,3-9H2,1-2H3,(H,17,18). The number of rotatable bonds is 3. The number of likely N-dealkylation sites (tertiary alicyclic amines) is 2. The lowest BCUT2D eigenvalue weighted by molar-refractivity contribution is -0.142. The van der Waals surface area contributed by atoms with Gasteiger partial charge < -0.3 is 19.6 Å². The SMILES string of the molecule is COCC1CCCN(C(=O)N2CC(C)C(C(=O)O)C2)C1. The summed E-state index contributed by atoms with van der Waals surface area (Å²) in [6.07, 6.45) is 2.08. The largest absolute Gasteiger partial charge is 0.481 e. The Hall–Kier alpha value is -1.30. The fourth-order valence-corrected chi connectivity index (χ4v) is 3.25. The van der Waals surface area contributed by atoms with E-state index in [0.29, 0.717) is 25.6 Å². The van der Waals surface area contributed by atoms with Gasteiger partial charge in [-0.05, 0) is 18.8 Å². The van der Waals surface area contributed by atoms with Crippen molar-refractivity contribution in [1.29, 1.82) is 0 Å². The van der Waals surface area contributed by atoms with E-state index in [4.69, 9.17) is 9.84 Å². The summed E-state index contributed by atoms with van der Waals surface area (Å²) in [5.74, 6) is -0.814. The number of ether oxygens (including phenoxy) is 1. The zero-order valence-corrected chi connectivity index (χ0v) is 12.2. The van der Waals surface area contributed by atoms with Crippen LogP contribution in [0.4, 0.5) is 4.79 Å². The van der Waals surface area contributed by atoms with Crippen molar-refractivity contribution in [2.24, 2.45) is 17.8 Å². The summed E-state index contributed by atoms with van der Waals surface area (Å²) in [6.45, 7) is 4.94. The van der Waals surface area contributed by atoms with Crippen molar-refractivity contribution in [3.63, 3.8) is 0 Å². The summed E-state index contributed by atoms with van der Waals surface area (Å²) in [5, 5.41) is 9.14. The van der Waals surface area contributed by atoms with E-state index >= 15 is 0 Å². The zero-order chi connectivity index (χ0) is 14.7. The van der Waals surface area contributed by atoms with Gasteiger partial charge in [0.1, 0.15) is 0 Å². The van der Waals surface area contributed by atoms with Crippen molar-refractivity contribution in [1.82, 2.24) is 9.80 Å². The van der Waals surface area contributed by atoms with Gasteiger partial charge in [-0.3, -0.25) is 4.79 Å². The van der Waals surface area contributed by atoms with Crippen LogP contribution in [0.5, 0.6) is 0 Å². The van der Waals surface area contributed by atoms with Crippen molar-refractivity contribution in [3.05, 3.63) is 0 Å². The predicted octanol–water partition coefficient (Wildman–Crippen LogP) is 1.12. The Morgan fingerprint density at radius 3 is 2.60 bits per heavy atom. The number of carboxylic acids is 1. The number of carbonyl (C=O) groups excluding carboxylic acids is 1. The van der Waals surface area contributed by atoms with Gasteiger partial charge in [0.15, 0.2) is 0 Å². The first-order chi connectivity index (χ1) is 9.52. The first-order valence-corrected chi connectivity index (χ1v) is 7.28. The zero-order valence-electron chi connectivity index (χ0n) is 12.2. The third kappa shape index (κ3) is 3.23. The minimum absolute atomic E-state index is 0.0126. The maximum absolute atomic E-state index is 12.5. The number of piperidine rings is 1. The number of carbonyl (C=O) groups is 2. The smallest absolute Gasteiger partial charge is 0.320 e. The first kappa shape index (κ1) is 15.1. The van der Waals surface area contributed by atoms with Crippen LogP contribution in [0.25, 0.3) is 0 Å². The molecular formula is C14H24N2O4. The minimum atomic E-state index is -0.802. The van der Waals surface area contributed by atoms with Gasteiger partial charge in [-0.25, -0.2) is 4.79 Å². The summed E-state index contributed by atoms with van der Waals surface area (Å²) >= 11 is 0. The summed E-state index contributed by atoms with van der Waals surface area (Å²) in [6, 6.07) is -0.0126. The Kier molecular flexibility index (Phi) is 4.86. The molecule has 6 heteroatoms. The van der Waals surface area contributed by atoms with Crippen LogP contribution in [0.1, 0.15) is 19.8 Å². The van der Waals surface area contributed by atoms with Crippen molar-refractivity contribution < 1.29 is 19.4 Å². The molecule has 2 fully saturated rings. The van der Waals surface area contributed by atoms with Crippen LogP contribution >= 0.6 is 0 Å². The van der Waals surface area contributed by atoms with Crippen molar-refractivity contribution >= 4 is 12.0 Å². The quantitative estimate of drug-likeness (QED) is 0.843. The highest BCUT2D eigenvalue weighted by atomic mass is 16.5. The Morgan fingerprint density at radius 2 is 2.00 bits per heavy atom. The lowest BCUT2D eigenvalue weighted by Crippen LogP contribution is -2.47. The van der Waals surface area contributed by atoms with Crippen LogP contribution in [-0.2, 0) is 9.53 Å². The summed E-state index contributed by atoms with van der Waals surface area (Å²) in [4.78, 5) is 27.2. The molecule has 2 saturated heterocycles. The highest BCUT2D eigenvalue weighted by molar-refractivity contribution is 5.77. The molecule has 0 saturated carbocycles. The number of methoxy groups -OCH3 is 1. The molecule has 2 rings (SSSR count). The number of nitrogens with zero attached hydrogens (tertiary/aromatic N) is 2. The maximum Gasteiger partial charge on any atom is 0.320 e. The minimum Gasteiger partial charge on any atom is -0.481 e. The van der Waals surface area contributed by atoms with E-state index in [1.54, 1.807) is 12.0 Å². The topological polar surface area (TPSA) is 70.1 Å². The molecule has 2 heterocycles. The molecule has 2 amide bonds. The van der Waals surface area contributed by atoms with Crippen molar-refractivity contribution in [2.75, 3.05) is 39.9 Å². The number of hydrogen-bond donors (Lipinski definition) is 1. The van der Waals surface area contributed by atoms with Gasteiger partial charge in [-0.2, -0.15) is 0 Å². The van der Waals surface area contributed by atoms with E-state index in [1.165, 1.54) is 0 Å². The molecule has 3 atom stereocenters. The van der Waals surface area contributed by atoms with Crippen LogP contribution in [0, 0.1) is 17.8 Å². The number of urea groups is 1. The van der Waals surface area contributed by atoms with Crippen LogP contribution in [0.2, 0.25) is 0 Å². The van der Waals surface area contributed by atoms with Crippen LogP contribution in [0.15, 0.2) is 0 Å². The van der Waals surface area contributed by atoms with Crippen LogP contribution < -0.4 is 0 Å². The van der Waals surface area contributed by atoms with Gasteiger partial charge in [0.25, 0.3) is 0 Å². The fraction of sp³-hybridized carbons (Fsp3) is 0.857. The third-order valence-corrected chi connectivity index (χ3v) is 4.39. The second kappa shape index (κ2) is 6.43. The van der Waals surface area contributed by atoms with E-state index in [9.17, 15) is 9.59 Å². The second-order valence-corrected chi connectivity index (χ2v) is 6.02. The number of hydrogen-bond acceptors (Lipinski definition) is 3. The second-order valence-electron chi connectivity index (χ2n) is 6.02. The number of amides is 2. The molecule has 20 heavy (non-hydrogen) atoms. The summed E-state index contributed by atoms with van der Waals surface area (Å²) in [5.41, 5.74) is 0. The van der Waals surface area contributed by atoms with Gasteiger partial charge in [-0.15, -0.1) is 0 Å². The van der Waals surface area contributed by atoms with Crippen molar-refractivity contribution in [2.45, 2.75) is 19.8 Å². The average molecular weight is 284 g/mol. The molecule has 0 bridgehead atoms. The maximum atomic E-state index is 12.5. The molecule has 0 aromatic heterocycles. The average Bonchev–Trinajstić information content (AvgIpc) is 2.81. The van der Waals surface area contributed by atoms with Gasteiger partial charge >= 0.3 is 12.0 Å². The molecule has 0 aromatic carbocycles. The predicted molar refractivity (Wildman–Crippen MR) is 73.4 cm³/mol. The number of aliphatic carboxylic acids is 1.